The molecule has 0 fully saturated rings. The fourth-order valence-corrected chi connectivity index (χ4v) is 3.01. The van der Waals surface area contributed by atoms with Gasteiger partial charge in [-0.1, -0.05) is 6.07 Å². The van der Waals surface area contributed by atoms with Gasteiger partial charge >= 0.3 is 0 Å². The Labute approximate surface area is 134 Å². The fourth-order valence-electron chi connectivity index (χ4n) is 3.01. The highest BCUT2D eigenvalue weighted by Crippen LogP contribution is 2.47. The van der Waals surface area contributed by atoms with Crippen LogP contribution < -0.4 is 10.3 Å². The van der Waals surface area contributed by atoms with Gasteiger partial charge in [-0.2, -0.15) is 5.26 Å². The van der Waals surface area contributed by atoms with Crippen molar-refractivity contribution < 1.29 is 9.84 Å². The first-order chi connectivity index (χ1) is 10.8. The van der Waals surface area contributed by atoms with Crippen LogP contribution in [0.5, 0.6) is 5.75 Å². The van der Waals surface area contributed by atoms with Crippen LogP contribution in [-0.4, -0.2) is 20.9 Å². The van der Waals surface area contributed by atoms with Crippen molar-refractivity contribution in [2.24, 2.45) is 0 Å². The molecule has 0 bridgehead atoms. The highest BCUT2D eigenvalue weighted by atomic mass is 16.5. The second kappa shape index (κ2) is 4.97. The summed E-state index contributed by atoms with van der Waals surface area (Å²) >= 11 is 0. The van der Waals surface area contributed by atoms with E-state index in [1.165, 1.54) is 10.6 Å². The SMILES string of the molecule is CC1(C)Oc2ccc(C#N)cc2C(n2ccccc2=O)C1(C)O. The maximum atomic E-state index is 12.3. The fraction of sp³-hybridized carbons (Fsp3) is 0.333. The molecular weight excluding hydrogens is 292 g/mol. The van der Waals surface area contributed by atoms with Gasteiger partial charge < -0.3 is 14.4 Å². The third kappa shape index (κ3) is 2.23. The van der Waals surface area contributed by atoms with Crippen molar-refractivity contribution in [1.82, 2.24) is 4.57 Å². The summed E-state index contributed by atoms with van der Waals surface area (Å²) in [7, 11) is 0. The van der Waals surface area contributed by atoms with Crippen LogP contribution in [0, 0.1) is 11.3 Å². The molecule has 1 aliphatic heterocycles. The molecule has 1 aliphatic rings. The van der Waals surface area contributed by atoms with Crippen molar-refractivity contribution in [3.63, 3.8) is 0 Å². The van der Waals surface area contributed by atoms with E-state index >= 15 is 0 Å². The van der Waals surface area contributed by atoms with Crippen molar-refractivity contribution in [2.75, 3.05) is 0 Å². The largest absolute Gasteiger partial charge is 0.484 e. The predicted molar refractivity (Wildman–Crippen MR) is 85.3 cm³/mol. The van der Waals surface area contributed by atoms with E-state index in [1.54, 1.807) is 57.3 Å². The molecule has 2 heterocycles. The number of pyridine rings is 1. The quantitative estimate of drug-likeness (QED) is 0.876. The smallest absolute Gasteiger partial charge is 0.251 e. The average Bonchev–Trinajstić information content (AvgIpc) is 2.49. The van der Waals surface area contributed by atoms with E-state index in [9.17, 15) is 9.90 Å². The molecule has 0 amide bonds. The zero-order valence-corrected chi connectivity index (χ0v) is 13.3. The Balaban J connectivity index is 2.33. The van der Waals surface area contributed by atoms with Crippen LogP contribution in [0.1, 0.15) is 37.9 Å². The van der Waals surface area contributed by atoms with Gasteiger partial charge in [0, 0.05) is 17.8 Å². The van der Waals surface area contributed by atoms with Crippen molar-refractivity contribution in [2.45, 2.75) is 38.0 Å². The molecule has 2 atom stereocenters. The number of fused-ring (bicyclic) bond motifs is 1. The lowest BCUT2D eigenvalue weighted by Crippen LogP contribution is -2.60. The predicted octanol–water partition coefficient (Wildman–Crippen LogP) is 2.23. The second-order valence-corrected chi connectivity index (χ2v) is 6.47. The Kier molecular flexibility index (Phi) is 3.31. The number of aromatic nitrogens is 1. The Bertz CT molecular complexity index is 859. The third-order valence-electron chi connectivity index (χ3n) is 4.68. The molecule has 2 unspecified atom stereocenters. The van der Waals surface area contributed by atoms with Gasteiger partial charge in [-0.3, -0.25) is 4.79 Å². The second-order valence-electron chi connectivity index (χ2n) is 6.47. The Morgan fingerprint density at radius 1 is 1.26 bits per heavy atom. The number of aliphatic hydroxyl groups is 1. The minimum atomic E-state index is -1.35. The van der Waals surface area contributed by atoms with Crippen molar-refractivity contribution in [3.05, 3.63) is 64.1 Å². The molecule has 23 heavy (non-hydrogen) atoms. The van der Waals surface area contributed by atoms with E-state index in [-0.39, 0.29) is 5.56 Å². The highest BCUT2D eigenvalue weighted by molar-refractivity contribution is 5.47. The number of benzene rings is 1. The monoisotopic (exact) mass is 310 g/mol. The lowest BCUT2D eigenvalue weighted by atomic mass is 9.75. The van der Waals surface area contributed by atoms with Crippen molar-refractivity contribution in [1.29, 1.82) is 5.26 Å². The van der Waals surface area contributed by atoms with Gasteiger partial charge in [-0.25, -0.2) is 0 Å². The van der Waals surface area contributed by atoms with E-state index < -0.39 is 17.2 Å². The molecule has 0 aliphatic carbocycles. The summed E-state index contributed by atoms with van der Waals surface area (Å²) in [4.78, 5) is 12.3. The van der Waals surface area contributed by atoms with E-state index in [4.69, 9.17) is 10.00 Å². The van der Waals surface area contributed by atoms with Gasteiger partial charge in [0.05, 0.1) is 17.7 Å². The number of hydrogen-bond donors (Lipinski definition) is 1. The molecule has 0 saturated heterocycles. The molecule has 5 nitrogen and oxygen atoms in total. The highest BCUT2D eigenvalue weighted by Gasteiger charge is 2.53. The molecule has 1 aromatic carbocycles. The molecule has 3 rings (SSSR count). The maximum Gasteiger partial charge on any atom is 0.251 e. The van der Waals surface area contributed by atoms with Crippen molar-refractivity contribution in [3.8, 4) is 11.8 Å². The molecule has 1 N–H and O–H groups in total. The van der Waals surface area contributed by atoms with E-state index in [2.05, 4.69) is 6.07 Å². The standard InChI is InChI=1S/C18H18N2O3/c1-17(2)18(3,22)16(20-9-5-4-6-15(20)21)13-10-12(11-19)7-8-14(13)23-17/h4-10,16,22H,1-3H3. The normalized spacial score (nSPS) is 25.1. The lowest BCUT2D eigenvalue weighted by Gasteiger charge is -2.49. The summed E-state index contributed by atoms with van der Waals surface area (Å²) in [6, 6.07) is 11.3. The number of hydrogen-bond acceptors (Lipinski definition) is 4. The van der Waals surface area contributed by atoms with Crippen LogP contribution in [0.3, 0.4) is 0 Å². The first-order valence-corrected chi connectivity index (χ1v) is 7.40. The molecule has 5 heteroatoms. The summed E-state index contributed by atoms with van der Waals surface area (Å²) in [5.74, 6) is 0.571. The zero-order valence-electron chi connectivity index (χ0n) is 13.3. The maximum absolute atomic E-state index is 12.3. The van der Waals surface area contributed by atoms with Crippen LogP contribution in [0.4, 0.5) is 0 Å². The first kappa shape index (κ1) is 15.3. The number of nitrogens with zero attached hydrogens (tertiary/aromatic N) is 2. The van der Waals surface area contributed by atoms with E-state index in [0.29, 0.717) is 16.9 Å². The molecular formula is C18H18N2O3. The lowest BCUT2D eigenvalue weighted by molar-refractivity contribution is -0.139. The molecule has 0 spiro atoms. The number of rotatable bonds is 1. The molecule has 1 aromatic heterocycles. The van der Waals surface area contributed by atoms with Gasteiger partial charge in [0.15, 0.2) is 0 Å². The van der Waals surface area contributed by atoms with E-state index in [1.807, 2.05) is 0 Å². The van der Waals surface area contributed by atoms with Crippen LogP contribution in [0.25, 0.3) is 0 Å². The van der Waals surface area contributed by atoms with Gasteiger partial charge in [-0.15, -0.1) is 0 Å². The third-order valence-corrected chi connectivity index (χ3v) is 4.68. The number of nitriles is 1. The molecule has 2 aromatic rings. The summed E-state index contributed by atoms with van der Waals surface area (Å²) in [6.07, 6.45) is 1.64. The summed E-state index contributed by atoms with van der Waals surface area (Å²) in [5.41, 5.74) is -1.39. The van der Waals surface area contributed by atoms with Gasteiger partial charge in [0.1, 0.15) is 17.0 Å². The van der Waals surface area contributed by atoms with Gasteiger partial charge in [0.25, 0.3) is 5.56 Å². The Hall–Kier alpha value is -2.58. The summed E-state index contributed by atoms with van der Waals surface area (Å²) in [5, 5.41) is 20.3. The van der Waals surface area contributed by atoms with Crippen LogP contribution in [0.2, 0.25) is 0 Å². The van der Waals surface area contributed by atoms with Crippen LogP contribution >= 0.6 is 0 Å². The topological polar surface area (TPSA) is 75.2 Å². The van der Waals surface area contributed by atoms with Gasteiger partial charge in [-0.05, 0) is 45.0 Å². The van der Waals surface area contributed by atoms with Crippen LogP contribution in [-0.2, 0) is 0 Å². The minimum absolute atomic E-state index is 0.219. The molecule has 0 radical (unpaired) electrons. The Morgan fingerprint density at radius 2 is 2.00 bits per heavy atom. The number of ether oxygens (including phenoxy) is 1. The average molecular weight is 310 g/mol. The van der Waals surface area contributed by atoms with E-state index in [0.717, 1.165) is 0 Å². The summed E-state index contributed by atoms with van der Waals surface area (Å²) in [6.45, 7) is 5.23. The molecule has 0 saturated carbocycles. The molecule has 118 valence electrons. The summed E-state index contributed by atoms with van der Waals surface area (Å²) < 4.78 is 7.44. The minimum Gasteiger partial charge on any atom is -0.484 e. The Morgan fingerprint density at radius 3 is 2.65 bits per heavy atom. The first-order valence-electron chi connectivity index (χ1n) is 7.40. The van der Waals surface area contributed by atoms with Crippen LogP contribution in [0.15, 0.2) is 47.4 Å². The van der Waals surface area contributed by atoms with Gasteiger partial charge in [0.2, 0.25) is 0 Å². The zero-order chi connectivity index (χ0) is 16.8. The van der Waals surface area contributed by atoms with Crippen molar-refractivity contribution >= 4 is 0 Å².